The molecule has 2 rings (SSSR count). The van der Waals surface area contributed by atoms with Gasteiger partial charge in [-0.25, -0.2) is 0 Å². The van der Waals surface area contributed by atoms with Crippen LogP contribution in [0.25, 0.3) is 0 Å². The van der Waals surface area contributed by atoms with Gasteiger partial charge in [-0.05, 0) is 18.6 Å². The molecular formula is C8H13N3O2S. The third-order valence-electron chi connectivity index (χ3n) is 2.18. The number of nitrogens with two attached hydrogens (primary N) is 1. The molecule has 14 heavy (non-hydrogen) atoms. The van der Waals surface area contributed by atoms with E-state index in [2.05, 4.69) is 10.1 Å². The van der Waals surface area contributed by atoms with Crippen LogP contribution in [0.3, 0.4) is 0 Å². The third-order valence-corrected chi connectivity index (χ3v) is 3.56. The fraction of sp³-hybridized carbons (Fsp3) is 0.750. The molecule has 5 nitrogen and oxygen atoms in total. The van der Waals surface area contributed by atoms with Gasteiger partial charge < -0.3 is 15.4 Å². The second-order valence-corrected chi connectivity index (χ2v) is 4.55. The van der Waals surface area contributed by atoms with E-state index >= 15 is 0 Å². The number of hydrogen-bond donors (Lipinski definition) is 2. The maximum absolute atomic E-state index is 9.36. The van der Waals surface area contributed by atoms with Gasteiger partial charge in [-0.3, -0.25) is 0 Å². The van der Waals surface area contributed by atoms with Gasteiger partial charge in [0.2, 0.25) is 0 Å². The van der Waals surface area contributed by atoms with E-state index in [1.807, 2.05) is 11.8 Å². The highest BCUT2D eigenvalue weighted by Gasteiger charge is 2.24. The molecule has 0 aliphatic carbocycles. The predicted molar refractivity (Wildman–Crippen MR) is 52.7 cm³/mol. The largest absolute Gasteiger partial charge is 0.382 e. The fourth-order valence-electron chi connectivity index (χ4n) is 1.40. The lowest BCUT2D eigenvalue weighted by atomic mass is 10.2. The van der Waals surface area contributed by atoms with Crippen LogP contribution in [0.2, 0.25) is 0 Å². The van der Waals surface area contributed by atoms with E-state index in [1.165, 1.54) is 6.42 Å². The number of aliphatic hydroxyl groups is 1. The van der Waals surface area contributed by atoms with Crippen LogP contribution in [-0.2, 0) is 0 Å². The molecule has 0 aromatic carbocycles. The van der Waals surface area contributed by atoms with Crippen molar-refractivity contribution in [2.24, 2.45) is 5.73 Å². The van der Waals surface area contributed by atoms with Gasteiger partial charge in [0.15, 0.2) is 5.82 Å². The summed E-state index contributed by atoms with van der Waals surface area (Å²) in [6.45, 7) is 0.111. The normalized spacial score (nSPS) is 24.0. The van der Waals surface area contributed by atoms with Crippen LogP contribution in [-0.4, -0.2) is 27.5 Å². The lowest BCUT2D eigenvalue weighted by molar-refractivity contribution is 0.141. The Balaban J connectivity index is 2.08. The average molecular weight is 215 g/mol. The van der Waals surface area contributed by atoms with E-state index in [0.717, 1.165) is 12.2 Å². The number of aromatic nitrogens is 2. The molecule has 0 radical (unpaired) electrons. The van der Waals surface area contributed by atoms with Crippen molar-refractivity contribution in [3.05, 3.63) is 11.7 Å². The monoisotopic (exact) mass is 215 g/mol. The van der Waals surface area contributed by atoms with E-state index in [4.69, 9.17) is 10.3 Å². The highest BCUT2D eigenvalue weighted by molar-refractivity contribution is 7.99. The molecule has 1 aliphatic heterocycles. The highest BCUT2D eigenvalue weighted by Crippen LogP contribution is 2.38. The number of rotatable bonds is 3. The maximum atomic E-state index is 9.36. The molecule has 1 fully saturated rings. The Labute approximate surface area is 86.1 Å². The molecular weight excluding hydrogens is 202 g/mol. The Kier molecular flexibility index (Phi) is 3.05. The Bertz CT molecular complexity index is 299. The second-order valence-electron chi connectivity index (χ2n) is 3.24. The van der Waals surface area contributed by atoms with Crippen LogP contribution in [0, 0.1) is 0 Å². The Morgan fingerprint density at radius 1 is 1.71 bits per heavy atom. The van der Waals surface area contributed by atoms with E-state index in [0.29, 0.717) is 11.1 Å². The predicted octanol–water partition coefficient (Wildman–Crippen LogP) is 0.630. The SMILES string of the molecule is NCC(O)c1nc(C2CCCS2)no1. The molecule has 2 heterocycles. The summed E-state index contributed by atoms with van der Waals surface area (Å²) in [5.41, 5.74) is 5.28. The number of thioether (sulfide) groups is 1. The third kappa shape index (κ3) is 1.92. The summed E-state index contributed by atoms with van der Waals surface area (Å²) >= 11 is 1.83. The van der Waals surface area contributed by atoms with Crippen LogP contribution in [0.5, 0.6) is 0 Å². The van der Waals surface area contributed by atoms with Crippen molar-refractivity contribution < 1.29 is 9.63 Å². The van der Waals surface area contributed by atoms with Crippen molar-refractivity contribution in [3.63, 3.8) is 0 Å². The van der Waals surface area contributed by atoms with E-state index in [1.54, 1.807) is 0 Å². The molecule has 1 aromatic heterocycles. The number of hydrogen-bond acceptors (Lipinski definition) is 6. The molecule has 0 saturated carbocycles. The van der Waals surface area contributed by atoms with Crippen molar-refractivity contribution >= 4 is 11.8 Å². The summed E-state index contributed by atoms with van der Waals surface area (Å²) in [7, 11) is 0. The smallest absolute Gasteiger partial charge is 0.256 e. The van der Waals surface area contributed by atoms with Crippen LogP contribution in [0.4, 0.5) is 0 Å². The second kappa shape index (κ2) is 4.29. The van der Waals surface area contributed by atoms with Crippen molar-refractivity contribution in [2.75, 3.05) is 12.3 Å². The van der Waals surface area contributed by atoms with E-state index in [-0.39, 0.29) is 12.4 Å². The minimum Gasteiger partial charge on any atom is -0.382 e. The molecule has 1 saturated heterocycles. The van der Waals surface area contributed by atoms with Crippen LogP contribution in [0.1, 0.15) is 35.9 Å². The van der Waals surface area contributed by atoms with Crippen LogP contribution < -0.4 is 5.73 Å². The van der Waals surface area contributed by atoms with Gasteiger partial charge >= 0.3 is 0 Å². The first-order chi connectivity index (χ1) is 6.81. The summed E-state index contributed by atoms with van der Waals surface area (Å²) in [5.74, 6) is 2.07. The van der Waals surface area contributed by atoms with Crippen molar-refractivity contribution in [1.82, 2.24) is 10.1 Å². The van der Waals surface area contributed by atoms with Gasteiger partial charge in [0.05, 0.1) is 5.25 Å². The van der Waals surface area contributed by atoms with Crippen molar-refractivity contribution in [3.8, 4) is 0 Å². The number of nitrogens with zero attached hydrogens (tertiary/aromatic N) is 2. The highest BCUT2D eigenvalue weighted by atomic mass is 32.2. The topological polar surface area (TPSA) is 85.2 Å². The maximum Gasteiger partial charge on any atom is 0.256 e. The fourth-order valence-corrected chi connectivity index (χ4v) is 2.59. The standard InChI is InChI=1S/C8H13N3O2S/c9-4-5(12)8-10-7(11-13-8)6-2-1-3-14-6/h5-6,12H,1-4,9H2. The number of aliphatic hydroxyl groups excluding tert-OH is 1. The summed E-state index contributed by atoms with van der Waals surface area (Å²) in [4.78, 5) is 4.13. The average Bonchev–Trinajstić information content (AvgIpc) is 2.86. The summed E-state index contributed by atoms with van der Waals surface area (Å²) in [5, 5.41) is 13.5. The summed E-state index contributed by atoms with van der Waals surface area (Å²) < 4.78 is 4.93. The molecule has 2 atom stereocenters. The zero-order chi connectivity index (χ0) is 9.97. The van der Waals surface area contributed by atoms with Crippen LogP contribution >= 0.6 is 11.8 Å². The van der Waals surface area contributed by atoms with E-state index in [9.17, 15) is 5.11 Å². The van der Waals surface area contributed by atoms with Gasteiger partial charge in [-0.2, -0.15) is 16.7 Å². The Morgan fingerprint density at radius 3 is 3.21 bits per heavy atom. The zero-order valence-corrected chi connectivity index (χ0v) is 8.54. The minimum absolute atomic E-state index is 0.111. The summed E-state index contributed by atoms with van der Waals surface area (Å²) in [6.07, 6.45) is 1.45. The molecule has 0 amide bonds. The molecule has 1 aliphatic rings. The first kappa shape index (κ1) is 9.95. The van der Waals surface area contributed by atoms with Crippen LogP contribution in [0.15, 0.2) is 4.52 Å². The summed E-state index contributed by atoms with van der Waals surface area (Å²) in [6, 6.07) is 0. The van der Waals surface area contributed by atoms with E-state index < -0.39 is 6.10 Å². The zero-order valence-electron chi connectivity index (χ0n) is 7.72. The molecule has 1 aromatic rings. The van der Waals surface area contributed by atoms with Crippen molar-refractivity contribution in [1.29, 1.82) is 0 Å². The molecule has 0 spiro atoms. The lowest BCUT2D eigenvalue weighted by Gasteiger charge is -2.00. The minimum atomic E-state index is -0.831. The Hall–Kier alpha value is -0.590. The molecule has 0 bridgehead atoms. The van der Waals surface area contributed by atoms with Gasteiger partial charge in [0.25, 0.3) is 5.89 Å². The quantitative estimate of drug-likeness (QED) is 0.769. The van der Waals surface area contributed by atoms with Gasteiger partial charge in [0, 0.05) is 6.54 Å². The van der Waals surface area contributed by atoms with Gasteiger partial charge in [0.1, 0.15) is 6.10 Å². The Morgan fingerprint density at radius 2 is 2.57 bits per heavy atom. The first-order valence-electron chi connectivity index (χ1n) is 4.64. The first-order valence-corrected chi connectivity index (χ1v) is 5.69. The van der Waals surface area contributed by atoms with Crippen molar-refractivity contribution in [2.45, 2.75) is 24.2 Å². The van der Waals surface area contributed by atoms with Gasteiger partial charge in [-0.15, -0.1) is 0 Å². The molecule has 6 heteroatoms. The van der Waals surface area contributed by atoms with Gasteiger partial charge in [-0.1, -0.05) is 5.16 Å². The molecule has 2 unspecified atom stereocenters. The lowest BCUT2D eigenvalue weighted by Crippen LogP contribution is -2.11. The molecule has 78 valence electrons. The molecule has 3 N–H and O–H groups in total.